The highest BCUT2D eigenvalue weighted by Gasteiger charge is 2.16. The first kappa shape index (κ1) is 16.5. The normalized spacial score (nSPS) is 11.7. The molecule has 7 heteroatoms. The van der Waals surface area contributed by atoms with E-state index >= 15 is 0 Å². The first-order valence-electron chi connectivity index (χ1n) is 6.44. The van der Waals surface area contributed by atoms with Gasteiger partial charge in [0.1, 0.15) is 0 Å². The van der Waals surface area contributed by atoms with E-state index in [9.17, 15) is 14.9 Å². The largest absolute Gasteiger partial charge is 0.325 e. The molecule has 2 aromatic rings. The van der Waals surface area contributed by atoms with Gasteiger partial charge in [-0.2, -0.15) is 0 Å². The molecule has 0 radical (unpaired) electrons. The number of halogens is 1. The monoisotopic (exact) mass is 380 g/mol. The maximum atomic E-state index is 12.2. The van der Waals surface area contributed by atoms with Gasteiger partial charge in [0.2, 0.25) is 5.91 Å². The number of benzene rings is 2. The van der Waals surface area contributed by atoms with E-state index in [0.29, 0.717) is 5.69 Å². The Morgan fingerprint density at radius 2 is 2.00 bits per heavy atom. The Morgan fingerprint density at radius 3 is 2.68 bits per heavy atom. The molecule has 0 aliphatic heterocycles. The number of anilines is 1. The highest BCUT2D eigenvalue weighted by Crippen LogP contribution is 2.31. The Kier molecular flexibility index (Phi) is 5.57. The minimum atomic E-state index is -0.491. The molecule has 0 saturated heterocycles. The Morgan fingerprint density at radius 1 is 1.27 bits per heavy atom. The van der Waals surface area contributed by atoms with Gasteiger partial charge in [-0.05, 0) is 41.1 Å². The van der Waals surface area contributed by atoms with Crippen LogP contribution in [0.25, 0.3) is 0 Å². The lowest BCUT2D eigenvalue weighted by Gasteiger charge is -2.12. The maximum Gasteiger partial charge on any atom is 0.271 e. The second kappa shape index (κ2) is 7.42. The number of nitrogens with one attached hydrogen (secondary N) is 1. The van der Waals surface area contributed by atoms with Crippen LogP contribution in [0, 0.1) is 10.1 Å². The molecular formula is C15H13BrN2O3S. The van der Waals surface area contributed by atoms with Gasteiger partial charge in [0.05, 0.1) is 10.2 Å². The summed E-state index contributed by atoms with van der Waals surface area (Å²) < 4.78 is 0.926. The first-order chi connectivity index (χ1) is 10.5. The van der Waals surface area contributed by atoms with Crippen LogP contribution in [0.5, 0.6) is 0 Å². The van der Waals surface area contributed by atoms with Gasteiger partial charge < -0.3 is 5.32 Å². The Hall–Kier alpha value is -1.86. The number of rotatable bonds is 5. The van der Waals surface area contributed by atoms with Crippen molar-refractivity contribution in [1.29, 1.82) is 0 Å². The molecule has 0 bridgehead atoms. The molecule has 5 nitrogen and oxygen atoms in total. The molecule has 0 aliphatic carbocycles. The first-order valence-corrected chi connectivity index (χ1v) is 8.11. The average molecular weight is 381 g/mol. The smallest absolute Gasteiger partial charge is 0.271 e. The van der Waals surface area contributed by atoms with Crippen molar-refractivity contribution in [1.82, 2.24) is 0 Å². The van der Waals surface area contributed by atoms with Gasteiger partial charge in [-0.25, -0.2) is 0 Å². The van der Waals surface area contributed by atoms with Crippen molar-refractivity contribution in [2.24, 2.45) is 0 Å². The Bertz CT molecular complexity index is 709. The highest BCUT2D eigenvalue weighted by atomic mass is 79.9. The van der Waals surface area contributed by atoms with Crippen molar-refractivity contribution in [3.63, 3.8) is 0 Å². The van der Waals surface area contributed by atoms with E-state index in [1.807, 2.05) is 24.3 Å². The zero-order valence-corrected chi connectivity index (χ0v) is 14.1. The van der Waals surface area contributed by atoms with Crippen LogP contribution in [-0.4, -0.2) is 16.1 Å². The molecule has 2 aromatic carbocycles. The minimum absolute atomic E-state index is 0.0519. The van der Waals surface area contributed by atoms with Crippen molar-refractivity contribution >= 4 is 45.0 Å². The second-order valence-electron chi connectivity index (χ2n) is 4.49. The molecule has 1 amide bonds. The lowest BCUT2D eigenvalue weighted by Crippen LogP contribution is -2.22. The number of nitrogens with zero attached hydrogens (tertiary/aromatic N) is 1. The van der Waals surface area contributed by atoms with Gasteiger partial charge in [-0.15, -0.1) is 11.8 Å². The second-order valence-corrected chi connectivity index (χ2v) is 6.72. The van der Waals surface area contributed by atoms with Crippen LogP contribution in [0.2, 0.25) is 0 Å². The number of nitro groups is 1. The lowest BCUT2D eigenvalue weighted by molar-refractivity contribution is -0.384. The van der Waals surface area contributed by atoms with Crippen LogP contribution in [0.15, 0.2) is 57.9 Å². The van der Waals surface area contributed by atoms with Crippen molar-refractivity contribution in [3.05, 3.63) is 63.1 Å². The van der Waals surface area contributed by atoms with E-state index in [1.54, 1.807) is 19.1 Å². The zero-order chi connectivity index (χ0) is 16.1. The third-order valence-corrected chi connectivity index (χ3v) is 4.97. The van der Waals surface area contributed by atoms with Gasteiger partial charge >= 0.3 is 0 Å². The quantitative estimate of drug-likeness (QED) is 0.471. The number of non-ortho nitro benzene ring substituents is 1. The van der Waals surface area contributed by atoms with Gasteiger partial charge in [-0.3, -0.25) is 14.9 Å². The number of hydrogen-bond acceptors (Lipinski definition) is 4. The van der Waals surface area contributed by atoms with Gasteiger partial charge in [0.25, 0.3) is 5.69 Å². The van der Waals surface area contributed by atoms with E-state index in [2.05, 4.69) is 21.2 Å². The van der Waals surface area contributed by atoms with Crippen LogP contribution >= 0.6 is 27.7 Å². The third kappa shape index (κ3) is 4.32. The van der Waals surface area contributed by atoms with Crippen LogP contribution in [0.3, 0.4) is 0 Å². The summed E-state index contributed by atoms with van der Waals surface area (Å²) in [6.07, 6.45) is 0. The molecule has 0 saturated carbocycles. The molecule has 1 unspecified atom stereocenters. The van der Waals surface area contributed by atoms with E-state index in [1.165, 1.54) is 23.9 Å². The van der Waals surface area contributed by atoms with Crippen LogP contribution in [0.1, 0.15) is 6.92 Å². The summed E-state index contributed by atoms with van der Waals surface area (Å²) in [5, 5.41) is 13.1. The molecule has 1 atom stereocenters. The predicted octanol–water partition coefficient (Wildman–Crippen LogP) is 4.48. The summed E-state index contributed by atoms with van der Waals surface area (Å²) in [6, 6.07) is 13.5. The highest BCUT2D eigenvalue weighted by molar-refractivity contribution is 9.10. The van der Waals surface area contributed by atoms with Gasteiger partial charge in [0, 0.05) is 27.2 Å². The number of hydrogen-bond donors (Lipinski definition) is 1. The summed E-state index contributed by atoms with van der Waals surface area (Å²) in [7, 11) is 0. The zero-order valence-electron chi connectivity index (χ0n) is 11.7. The number of amides is 1. The van der Waals surface area contributed by atoms with Crippen molar-refractivity contribution in [3.8, 4) is 0 Å². The molecule has 2 rings (SSSR count). The average Bonchev–Trinajstić information content (AvgIpc) is 2.49. The molecule has 0 spiro atoms. The van der Waals surface area contributed by atoms with E-state index in [4.69, 9.17) is 0 Å². The predicted molar refractivity (Wildman–Crippen MR) is 91.2 cm³/mol. The molecule has 0 heterocycles. The minimum Gasteiger partial charge on any atom is -0.325 e. The van der Waals surface area contributed by atoms with Crippen LogP contribution in [0.4, 0.5) is 11.4 Å². The van der Waals surface area contributed by atoms with Gasteiger partial charge in [-0.1, -0.05) is 18.2 Å². The van der Waals surface area contributed by atoms with E-state index in [0.717, 1.165) is 9.37 Å². The number of carbonyl (C=O) groups is 1. The summed E-state index contributed by atoms with van der Waals surface area (Å²) in [5.74, 6) is -0.207. The third-order valence-electron chi connectivity index (χ3n) is 2.83. The molecule has 22 heavy (non-hydrogen) atoms. The molecule has 0 aliphatic rings. The fourth-order valence-electron chi connectivity index (χ4n) is 1.73. The summed E-state index contributed by atoms with van der Waals surface area (Å²) >= 11 is 4.85. The Labute approximate surface area is 140 Å². The molecular weight excluding hydrogens is 368 g/mol. The summed E-state index contributed by atoms with van der Waals surface area (Å²) in [6.45, 7) is 1.79. The van der Waals surface area contributed by atoms with Crippen molar-refractivity contribution in [2.45, 2.75) is 17.1 Å². The SMILES string of the molecule is CC(Sc1ccccc1Br)C(=O)Nc1cccc([N+](=O)[O-])c1. The molecule has 1 N–H and O–H groups in total. The Balaban J connectivity index is 2.04. The maximum absolute atomic E-state index is 12.2. The number of nitro benzene ring substituents is 1. The number of carbonyl (C=O) groups excluding carboxylic acids is 1. The van der Waals surface area contributed by atoms with Crippen molar-refractivity contribution in [2.75, 3.05) is 5.32 Å². The standard InChI is InChI=1S/C15H13BrN2O3S/c1-10(22-14-8-3-2-7-13(14)16)15(19)17-11-5-4-6-12(9-11)18(20)21/h2-10H,1H3,(H,17,19). The van der Waals surface area contributed by atoms with E-state index < -0.39 is 4.92 Å². The number of thioether (sulfide) groups is 1. The fourth-order valence-corrected chi connectivity index (χ4v) is 3.18. The molecule has 0 fully saturated rings. The van der Waals surface area contributed by atoms with Crippen molar-refractivity contribution < 1.29 is 9.72 Å². The molecule has 114 valence electrons. The summed E-state index contributed by atoms with van der Waals surface area (Å²) in [4.78, 5) is 23.4. The fraction of sp³-hybridized carbons (Fsp3) is 0.133. The lowest BCUT2D eigenvalue weighted by atomic mass is 10.2. The van der Waals surface area contributed by atoms with E-state index in [-0.39, 0.29) is 16.8 Å². The van der Waals surface area contributed by atoms with Gasteiger partial charge in [0.15, 0.2) is 0 Å². The summed E-state index contributed by atoms with van der Waals surface area (Å²) in [5.41, 5.74) is 0.364. The van der Waals surface area contributed by atoms with Crippen LogP contribution in [-0.2, 0) is 4.79 Å². The molecule has 0 aromatic heterocycles. The van der Waals surface area contributed by atoms with Crippen LogP contribution < -0.4 is 5.32 Å². The topological polar surface area (TPSA) is 72.2 Å².